The van der Waals surface area contributed by atoms with Crippen molar-refractivity contribution in [2.24, 2.45) is 0 Å². The number of hydrogen-bond acceptors (Lipinski definition) is 2. The predicted octanol–water partition coefficient (Wildman–Crippen LogP) is 0.475. The van der Waals surface area contributed by atoms with Gasteiger partial charge < -0.3 is 10.6 Å². The summed E-state index contributed by atoms with van der Waals surface area (Å²) in [5.74, 6) is 0. The van der Waals surface area contributed by atoms with Crippen molar-refractivity contribution in [3.63, 3.8) is 0 Å². The summed E-state index contributed by atoms with van der Waals surface area (Å²) < 4.78 is 0. The van der Waals surface area contributed by atoms with Gasteiger partial charge in [-0.2, -0.15) is 0 Å². The Bertz CT molecular complexity index is 136. The van der Waals surface area contributed by atoms with Gasteiger partial charge in [0.25, 0.3) is 0 Å². The third-order valence-electron chi connectivity index (χ3n) is 2.59. The maximum absolute atomic E-state index is 3.64. The first-order chi connectivity index (χ1) is 4.85. The lowest BCUT2D eigenvalue weighted by molar-refractivity contribution is 0.326. The first kappa shape index (κ1) is 7.07. The molecule has 0 aromatic heterocycles. The predicted molar refractivity (Wildman–Crippen MR) is 45.6 cm³/mol. The second-order valence-electron chi connectivity index (χ2n) is 3.42. The summed E-state index contributed by atoms with van der Waals surface area (Å²) >= 11 is 3.55. The molecule has 2 nitrogen and oxygen atoms in total. The van der Waals surface area contributed by atoms with Crippen LogP contribution in [0.1, 0.15) is 12.8 Å². The maximum Gasteiger partial charge on any atom is 0.0407 e. The summed E-state index contributed by atoms with van der Waals surface area (Å²) in [5.41, 5.74) is 0.392. The Morgan fingerprint density at radius 2 is 2.50 bits per heavy atom. The van der Waals surface area contributed by atoms with Crippen molar-refractivity contribution in [3.8, 4) is 0 Å². The van der Waals surface area contributed by atoms with Crippen LogP contribution >= 0.6 is 15.9 Å². The maximum atomic E-state index is 3.64. The number of nitrogens with one attached hydrogen (secondary N) is 2. The first-order valence-corrected chi connectivity index (χ1v) is 5.01. The smallest absolute Gasteiger partial charge is 0.0407 e. The van der Waals surface area contributed by atoms with E-state index in [1.165, 1.54) is 12.8 Å². The molecule has 2 aliphatic rings. The van der Waals surface area contributed by atoms with E-state index in [9.17, 15) is 0 Å². The zero-order chi connectivity index (χ0) is 7.03. The standard InChI is InChI=1S/C7H13BrN2/c8-4-7-2-1-6(10-7)3-9-5-7/h6,9-10H,1-5H2. The normalized spacial score (nSPS) is 45.9. The van der Waals surface area contributed by atoms with E-state index in [4.69, 9.17) is 0 Å². The third kappa shape index (κ3) is 1.00. The second-order valence-corrected chi connectivity index (χ2v) is 3.99. The number of hydrogen-bond donors (Lipinski definition) is 2. The Labute approximate surface area is 69.9 Å². The SMILES string of the molecule is BrCC12CCC(CNC1)N2. The molecule has 2 heterocycles. The summed E-state index contributed by atoms with van der Waals surface area (Å²) in [7, 11) is 0. The average molecular weight is 205 g/mol. The molecule has 2 saturated heterocycles. The van der Waals surface area contributed by atoms with Crippen LogP contribution in [0.25, 0.3) is 0 Å². The van der Waals surface area contributed by atoms with Gasteiger partial charge in [-0.15, -0.1) is 0 Å². The van der Waals surface area contributed by atoms with E-state index in [-0.39, 0.29) is 0 Å². The molecule has 0 radical (unpaired) electrons. The molecule has 0 aromatic rings. The van der Waals surface area contributed by atoms with Gasteiger partial charge in [0.1, 0.15) is 0 Å². The molecule has 0 aliphatic carbocycles. The zero-order valence-corrected chi connectivity index (χ0v) is 7.58. The van der Waals surface area contributed by atoms with Crippen LogP contribution in [0.2, 0.25) is 0 Å². The summed E-state index contributed by atoms with van der Waals surface area (Å²) in [6.45, 7) is 2.30. The lowest BCUT2D eigenvalue weighted by Gasteiger charge is -2.33. The molecule has 2 aliphatic heterocycles. The summed E-state index contributed by atoms with van der Waals surface area (Å²) in [6.07, 6.45) is 2.68. The number of halogens is 1. The molecule has 0 saturated carbocycles. The molecule has 0 spiro atoms. The largest absolute Gasteiger partial charge is 0.313 e. The van der Waals surface area contributed by atoms with E-state index < -0.39 is 0 Å². The number of fused-ring (bicyclic) bond motifs is 2. The monoisotopic (exact) mass is 204 g/mol. The van der Waals surface area contributed by atoms with E-state index in [1.54, 1.807) is 0 Å². The molecule has 0 amide bonds. The molecule has 2 fully saturated rings. The van der Waals surface area contributed by atoms with Gasteiger partial charge in [-0.1, -0.05) is 15.9 Å². The highest BCUT2D eigenvalue weighted by Crippen LogP contribution is 2.27. The van der Waals surface area contributed by atoms with Gasteiger partial charge in [0.2, 0.25) is 0 Å². The molecule has 0 aromatic carbocycles. The van der Waals surface area contributed by atoms with Gasteiger partial charge in [-0.05, 0) is 12.8 Å². The fraction of sp³-hybridized carbons (Fsp3) is 1.00. The molecule has 2 N–H and O–H groups in total. The highest BCUT2D eigenvalue weighted by molar-refractivity contribution is 9.09. The number of piperazine rings is 1. The highest BCUT2D eigenvalue weighted by Gasteiger charge is 2.40. The molecular formula is C7H13BrN2. The first-order valence-electron chi connectivity index (χ1n) is 3.89. The Balaban J connectivity index is 2.10. The Kier molecular flexibility index (Phi) is 1.74. The van der Waals surface area contributed by atoms with E-state index in [1.807, 2.05) is 0 Å². The molecule has 2 bridgehead atoms. The van der Waals surface area contributed by atoms with Crippen LogP contribution < -0.4 is 10.6 Å². The van der Waals surface area contributed by atoms with Crippen LogP contribution in [0.4, 0.5) is 0 Å². The molecular weight excluding hydrogens is 192 g/mol. The van der Waals surface area contributed by atoms with Gasteiger partial charge >= 0.3 is 0 Å². The molecule has 2 unspecified atom stereocenters. The van der Waals surface area contributed by atoms with E-state index in [0.29, 0.717) is 5.54 Å². The number of rotatable bonds is 1. The zero-order valence-electron chi connectivity index (χ0n) is 5.99. The lowest BCUT2D eigenvalue weighted by Crippen LogP contribution is -2.59. The van der Waals surface area contributed by atoms with Crippen LogP contribution in [0.5, 0.6) is 0 Å². The van der Waals surface area contributed by atoms with Crippen molar-refractivity contribution in [1.82, 2.24) is 10.6 Å². The summed E-state index contributed by atoms with van der Waals surface area (Å²) in [5, 5.41) is 8.18. The van der Waals surface area contributed by atoms with Gasteiger partial charge in [-0.3, -0.25) is 0 Å². The van der Waals surface area contributed by atoms with Crippen molar-refractivity contribution in [1.29, 1.82) is 0 Å². The van der Waals surface area contributed by atoms with Crippen molar-refractivity contribution in [3.05, 3.63) is 0 Å². The van der Waals surface area contributed by atoms with Gasteiger partial charge in [-0.25, -0.2) is 0 Å². The second kappa shape index (κ2) is 2.47. The Hall–Kier alpha value is 0.400. The third-order valence-corrected chi connectivity index (χ3v) is 3.66. The quantitative estimate of drug-likeness (QED) is 0.608. The van der Waals surface area contributed by atoms with Crippen LogP contribution in [0, 0.1) is 0 Å². The van der Waals surface area contributed by atoms with Gasteiger partial charge in [0.15, 0.2) is 0 Å². The minimum atomic E-state index is 0.392. The summed E-state index contributed by atoms with van der Waals surface area (Å²) in [6, 6.07) is 0.742. The highest BCUT2D eigenvalue weighted by atomic mass is 79.9. The summed E-state index contributed by atoms with van der Waals surface area (Å²) in [4.78, 5) is 0. The molecule has 2 rings (SSSR count). The van der Waals surface area contributed by atoms with Crippen LogP contribution in [0.3, 0.4) is 0 Å². The minimum absolute atomic E-state index is 0.392. The van der Waals surface area contributed by atoms with Gasteiger partial charge in [0, 0.05) is 30.0 Å². The van der Waals surface area contributed by atoms with E-state index >= 15 is 0 Å². The van der Waals surface area contributed by atoms with Crippen LogP contribution in [-0.4, -0.2) is 30.0 Å². The molecule has 2 atom stereocenters. The van der Waals surface area contributed by atoms with Crippen molar-refractivity contribution in [2.45, 2.75) is 24.4 Å². The van der Waals surface area contributed by atoms with E-state index in [0.717, 1.165) is 24.5 Å². The fourth-order valence-corrected chi connectivity index (χ4v) is 2.60. The molecule has 10 heavy (non-hydrogen) atoms. The van der Waals surface area contributed by atoms with Crippen molar-refractivity contribution < 1.29 is 0 Å². The average Bonchev–Trinajstić information content (AvgIpc) is 2.29. The minimum Gasteiger partial charge on any atom is -0.313 e. The van der Waals surface area contributed by atoms with Crippen molar-refractivity contribution in [2.75, 3.05) is 18.4 Å². The Morgan fingerprint density at radius 1 is 1.60 bits per heavy atom. The van der Waals surface area contributed by atoms with Gasteiger partial charge in [0.05, 0.1) is 0 Å². The fourth-order valence-electron chi connectivity index (χ4n) is 1.96. The van der Waals surface area contributed by atoms with Crippen molar-refractivity contribution >= 4 is 15.9 Å². The van der Waals surface area contributed by atoms with Crippen LogP contribution in [0.15, 0.2) is 0 Å². The topological polar surface area (TPSA) is 24.1 Å². The molecule has 3 heteroatoms. The van der Waals surface area contributed by atoms with E-state index in [2.05, 4.69) is 26.6 Å². The lowest BCUT2D eigenvalue weighted by atomic mass is 10.0. The Morgan fingerprint density at radius 3 is 3.20 bits per heavy atom. The van der Waals surface area contributed by atoms with Crippen LogP contribution in [-0.2, 0) is 0 Å². The molecule has 58 valence electrons. The number of alkyl halides is 1.